The molecule has 0 N–H and O–H groups in total. The molecule has 2 heterocycles. The largest absolute Gasteiger partial charge is 0.378 e. The first kappa shape index (κ1) is 47.0. The lowest BCUT2D eigenvalue weighted by molar-refractivity contribution is -0.0557. The minimum Gasteiger partial charge on any atom is -0.378 e. The predicted octanol–water partition coefficient (Wildman–Crippen LogP) is 16.2. The Labute approximate surface area is 321 Å². The third-order valence-electron chi connectivity index (χ3n) is 12.3. The van der Waals surface area contributed by atoms with Crippen LogP contribution in [0.1, 0.15) is 271 Å². The molecule has 0 radical (unpaired) electrons. The van der Waals surface area contributed by atoms with Gasteiger partial charge < -0.3 is 14.2 Å². The molecule has 2 aliphatic rings. The number of hydrogen-bond donors (Lipinski definition) is 0. The van der Waals surface area contributed by atoms with Gasteiger partial charge in [0.25, 0.3) is 0 Å². The Balaban J connectivity index is 1.71. The Bertz CT molecular complexity index is 617. The molecule has 0 saturated carbocycles. The molecule has 0 aromatic heterocycles. The maximum atomic E-state index is 7.17. The summed E-state index contributed by atoms with van der Waals surface area (Å²) in [6, 6.07) is 0. The fourth-order valence-electron chi connectivity index (χ4n) is 8.48. The van der Waals surface area contributed by atoms with Gasteiger partial charge in [0, 0.05) is 13.2 Å². The van der Waals surface area contributed by atoms with Crippen LogP contribution in [0.4, 0.5) is 0 Å². The maximum Gasteiger partial charge on any atom is 0.0597 e. The average molecular weight is 719 g/mol. The summed E-state index contributed by atoms with van der Waals surface area (Å²) in [6.07, 6.45) is 57.8. The summed E-state index contributed by atoms with van der Waals surface area (Å²) in [5, 5.41) is 0. The van der Waals surface area contributed by atoms with Gasteiger partial charge in [-0.1, -0.05) is 219 Å². The van der Waals surface area contributed by atoms with E-state index in [1.165, 1.54) is 257 Å². The minimum atomic E-state index is 0.497. The van der Waals surface area contributed by atoms with Crippen molar-refractivity contribution in [3.05, 3.63) is 0 Å². The maximum absolute atomic E-state index is 7.17. The first-order valence-electron chi connectivity index (χ1n) is 24.2. The van der Waals surface area contributed by atoms with Crippen molar-refractivity contribution in [2.24, 2.45) is 0 Å². The zero-order chi connectivity index (χ0) is 36.1. The molecular formula is C48H94O3. The minimum absolute atomic E-state index is 0.497. The summed E-state index contributed by atoms with van der Waals surface area (Å²) in [4.78, 5) is 0. The van der Waals surface area contributed by atoms with Crippen LogP contribution in [0.3, 0.4) is 0 Å². The van der Waals surface area contributed by atoms with Gasteiger partial charge in [0.15, 0.2) is 0 Å². The Kier molecular flexibility index (Phi) is 34.0. The molecule has 4 atom stereocenters. The number of rotatable bonds is 42. The van der Waals surface area contributed by atoms with Crippen molar-refractivity contribution < 1.29 is 14.2 Å². The highest BCUT2D eigenvalue weighted by Crippen LogP contribution is 2.25. The van der Waals surface area contributed by atoms with Crippen molar-refractivity contribution in [3.8, 4) is 0 Å². The average Bonchev–Trinajstić information content (AvgIpc) is 3.09. The van der Waals surface area contributed by atoms with Crippen LogP contribution in [0.5, 0.6) is 0 Å². The fourth-order valence-corrected chi connectivity index (χ4v) is 8.48. The summed E-state index contributed by atoms with van der Waals surface area (Å²) < 4.78 is 18.4. The van der Waals surface area contributed by atoms with E-state index in [4.69, 9.17) is 14.2 Å². The third kappa shape index (κ3) is 29.9. The van der Waals surface area contributed by atoms with E-state index < -0.39 is 0 Å². The summed E-state index contributed by atoms with van der Waals surface area (Å²) >= 11 is 0. The molecular weight excluding hydrogens is 625 g/mol. The van der Waals surface area contributed by atoms with Crippen molar-refractivity contribution in [2.75, 3.05) is 13.2 Å². The highest BCUT2D eigenvalue weighted by Gasteiger charge is 2.19. The second-order valence-corrected chi connectivity index (χ2v) is 17.3. The SMILES string of the molecule is CCCCCCCCCCCCC(CCCCCCCCC1CCO1)OC(CCCCCCCCCCCC)CCCCCCCCC1CCO1. The van der Waals surface area contributed by atoms with Crippen molar-refractivity contribution >= 4 is 0 Å². The first-order valence-corrected chi connectivity index (χ1v) is 24.2. The van der Waals surface area contributed by atoms with Gasteiger partial charge in [0.05, 0.1) is 24.4 Å². The van der Waals surface area contributed by atoms with E-state index in [0.29, 0.717) is 24.4 Å². The highest BCUT2D eigenvalue weighted by molar-refractivity contribution is 4.69. The van der Waals surface area contributed by atoms with E-state index in [1.807, 2.05) is 0 Å². The van der Waals surface area contributed by atoms with Gasteiger partial charge in [0.1, 0.15) is 0 Å². The van der Waals surface area contributed by atoms with Crippen LogP contribution < -0.4 is 0 Å². The monoisotopic (exact) mass is 719 g/mol. The molecule has 2 rings (SSSR count). The Morgan fingerprint density at radius 2 is 0.588 bits per heavy atom. The van der Waals surface area contributed by atoms with Gasteiger partial charge in [-0.15, -0.1) is 0 Å². The number of hydrogen-bond acceptors (Lipinski definition) is 3. The summed E-state index contributed by atoms with van der Waals surface area (Å²) in [7, 11) is 0. The van der Waals surface area contributed by atoms with E-state index in [1.54, 1.807) is 0 Å². The molecule has 304 valence electrons. The zero-order valence-corrected chi connectivity index (χ0v) is 35.2. The van der Waals surface area contributed by atoms with E-state index in [0.717, 1.165) is 13.2 Å². The van der Waals surface area contributed by atoms with E-state index in [2.05, 4.69) is 13.8 Å². The molecule has 51 heavy (non-hydrogen) atoms. The topological polar surface area (TPSA) is 27.7 Å². The molecule has 0 aromatic rings. The van der Waals surface area contributed by atoms with Gasteiger partial charge in [-0.25, -0.2) is 0 Å². The molecule has 2 fully saturated rings. The highest BCUT2D eigenvalue weighted by atomic mass is 16.5. The molecule has 2 saturated heterocycles. The lowest BCUT2D eigenvalue weighted by Gasteiger charge is -2.26. The van der Waals surface area contributed by atoms with Crippen LogP contribution in [0.25, 0.3) is 0 Å². The molecule has 0 spiro atoms. The Morgan fingerprint density at radius 3 is 0.824 bits per heavy atom. The first-order chi connectivity index (χ1) is 25.3. The van der Waals surface area contributed by atoms with Crippen LogP contribution in [0.2, 0.25) is 0 Å². The second-order valence-electron chi connectivity index (χ2n) is 17.3. The number of unbranched alkanes of at least 4 members (excludes halogenated alkanes) is 28. The van der Waals surface area contributed by atoms with Crippen molar-refractivity contribution in [1.29, 1.82) is 0 Å². The Hall–Kier alpha value is -0.120. The van der Waals surface area contributed by atoms with Crippen molar-refractivity contribution in [2.45, 2.75) is 295 Å². The van der Waals surface area contributed by atoms with Gasteiger partial charge in [0.2, 0.25) is 0 Å². The van der Waals surface area contributed by atoms with Gasteiger partial charge in [-0.05, 0) is 51.4 Å². The molecule has 0 aliphatic carbocycles. The standard InChI is InChI=1S/C48H94O3/c1-3-5-7-9-11-13-15-17-25-31-37-47(39-33-27-21-19-23-29-35-45-41-43-49-45)51-48(38-32-26-18-16-14-12-10-8-6-4-2)40-34-28-22-20-24-30-36-46-42-44-50-46/h45-48H,3-44H2,1-2H3. The van der Waals surface area contributed by atoms with Crippen LogP contribution in [-0.2, 0) is 14.2 Å². The molecule has 4 unspecified atom stereocenters. The zero-order valence-electron chi connectivity index (χ0n) is 35.2. The van der Waals surface area contributed by atoms with Crippen LogP contribution in [-0.4, -0.2) is 37.6 Å². The quantitative estimate of drug-likeness (QED) is 0.0588. The fraction of sp³-hybridized carbons (Fsp3) is 1.00. The molecule has 3 nitrogen and oxygen atoms in total. The van der Waals surface area contributed by atoms with Crippen LogP contribution in [0, 0.1) is 0 Å². The summed E-state index contributed by atoms with van der Waals surface area (Å²) in [5.41, 5.74) is 0. The lowest BCUT2D eigenvalue weighted by atomic mass is 9.98. The van der Waals surface area contributed by atoms with E-state index >= 15 is 0 Å². The van der Waals surface area contributed by atoms with Gasteiger partial charge in [-0.2, -0.15) is 0 Å². The number of ether oxygens (including phenoxy) is 3. The summed E-state index contributed by atoms with van der Waals surface area (Å²) in [6.45, 7) is 6.65. The van der Waals surface area contributed by atoms with E-state index in [9.17, 15) is 0 Å². The molecule has 0 amide bonds. The van der Waals surface area contributed by atoms with Crippen LogP contribution in [0.15, 0.2) is 0 Å². The van der Waals surface area contributed by atoms with E-state index in [-0.39, 0.29) is 0 Å². The van der Waals surface area contributed by atoms with Crippen molar-refractivity contribution in [3.63, 3.8) is 0 Å². The normalized spacial score (nSPS) is 18.5. The molecule has 0 aromatic carbocycles. The summed E-state index contributed by atoms with van der Waals surface area (Å²) in [5.74, 6) is 0. The van der Waals surface area contributed by atoms with Gasteiger partial charge >= 0.3 is 0 Å². The van der Waals surface area contributed by atoms with Gasteiger partial charge in [-0.3, -0.25) is 0 Å². The third-order valence-corrected chi connectivity index (χ3v) is 12.3. The smallest absolute Gasteiger partial charge is 0.0597 e. The lowest BCUT2D eigenvalue weighted by Crippen LogP contribution is -2.26. The molecule has 0 bridgehead atoms. The van der Waals surface area contributed by atoms with Crippen LogP contribution >= 0.6 is 0 Å². The van der Waals surface area contributed by atoms with Crippen molar-refractivity contribution in [1.82, 2.24) is 0 Å². The Morgan fingerprint density at radius 1 is 0.353 bits per heavy atom. The predicted molar refractivity (Wildman–Crippen MR) is 224 cm³/mol. The molecule has 2 aliphatic heterocycles. The molecule has 3 heteroatoms. The second kappa shape index (κ2) is 36.8.